The molecule has 0 amide bonds. The maximum Gasteiger partial charge on any atom is 0.131 e. The highest BCUT2D eigenvalue weighted by atomic mass is 28.3. The SMILES string of the molecule is Cc1ccc(-c2c(C)cccc2C)cc1.Cc1ccc(-c2cc(C)cc(C)c2)cc1.Cc1ccc(-c2cccc(F)c2)cc1.Cc1ccc(-c2ccccc2)cc1C.Cc1ccc(-c2ccccc2F)cc1.Cc1ccc(C(C)(C)C)cc1.Cc1ccc(C)c(C)c1.Cc1ccc(C)cc1.Cc1ccc([Si](C)(C)C)cc1. The highest BCUT2D eigenvalue weighted by Gasteiger charge is 2.15. The molecular weight excluding hydrogens is 1360 g/mol. The molecule has 572 valence electrons. The first-order chi connectivity index (χ1) is 52.6. The van der Waals surface area contributed by atoms with Crippen LogP contribution < -0.4 is 5.19 Å². The van der Waals surface area contributed by atoms with Gasteiger partial charge in [0, 0.05) is 5.56 Å². The van der Waals surface area contributed by atoms with Crippen LogP contribution in [-0.2, 0) is 5.41 Å². The standard InChI is InChI=1S/2C15H16.C14H14.2C13H11F.C11H16.C10H16Si.C9H12.C8H10/c1-11-4-6-14(7-5-11)15-9-12(2)8-13(3)10-15;1-11-7-9-14(10-8-11)15-12(2)5-4-6-13(15)3;1-11-8-9-14(10-12(11)2)13-6-4-3-5-7-13;1-10-5-7-11(8-6-10)12-3-2-4-13(14)9-12;1-10-6-8-11(9-7-10)12-4-2-3-5-13(12)14;2*1-9-5-7-10(8-6-9)11(2,3)4;1-7-4-5-8(2)9(3)6-7;1-7-3-5-8(2)6-4-7/h2*4-10H,1-3H3;3-10H,1-2H3;2*2-9H,1H3;2*5-8H,1-4H3;4-6H,1-3H3;3-6H,1-2H3. The van der Waals surface area contributed by atoms with Crippen LogP contribution in [0.1, 0.15) is 121 Å². The monoisotopic (exact) mass is 1480 g/mol. The summed E-state index contributed by atoms with van der Waals surface area (Å²) in [5, 5.41) is 1.54. The highest BCUT2D eigenvalue weighted by Crippen LogP contribution is 2.29. The van der Waals surface area contributed by atoms with Gasteiger partial charge in [0.15, 0.2) is 0 Å². The summed E-state index contributed by atoms with van der Waals surface area (Å²) in [6.07, 6.45) is 0. The molecule has 0 fully saturated rings. The van der Waals surface area contributed by atoms with Gasteiger partial charge in [0.05, 0.1) is 8.07 Å². The van der Waals surface area contributed by atoms with Crippen molar-refractivity contribution in [1.29, 1.82) is 0 Å². The van der Waals surface area contributed by atoms with Gasteiger partial charge in [-0.25, -0.2) is 8.78 Å². The second-order valence-corrected chi connectivity index (χ2v) is 36.8. The molecule has 14 rings (SSSR count). The zero-order valence-corrected chi connectivity index (χ0v) is 71.9. The number of aryl methyl sites for hydroxylation is 17. The molecule has 0 radical (unpaired) electrons. The van der Waals surface area contributed by atoms with Crippen LogP contribution in [-0.4, -0.2) is 8.07 Å². The van der Waals surface area contributed by atoms with Crippen molar-refractivity contribution in [3.63, 3.8) is 0 Å². The van der Waals surface area contributed by atoms with Crippen LogP contribution in [0.4, 0.5) is 8.78 Å². The summed E-state index contributed by atoms with van der Waals surface area (Å²) < 4.78 is 26.3. The topological polar surface area (TPSA) is 0 Å². The third-order valence-electron chi connectivity index (χ3n) is 19.2. The molecule has 0 bridgehead atoms. The van der Waals surface area contributed by atoms with Crippen molar-refractivity contribution in [3.8, 4) is 55.6 Å². The smallest absolute Gasteiger partial charge is 0.131 e. The molecule has 0 unspecified atom stereocenters. The van der Waals surface area contributed by atoms with Gasteiger partial charge in [0.25, 0.3) is 0 Å². The summed E-state index contributed by atoms with van der Waals surface area (Å²) in [6.45, 7) is 49.9. The first-order valence-corrected chi connectivity index (χ1v) is 42.4. The van der Waals surface area contributed by atoms with E-state index in [1.165, 1.54) is 146 Å². The predicted octanol–water partition coefficient (Wildman–Crippen LogP) is 30.9. The lowest BCUT2D eigenvalue weighted by Gasteiger charge is -2.18. The minimum atomic E-state index is -1.06. The van der Waals surface area contributed by atoms with Crippen LogP contribution in [0.2, 0.25) is 19.6 Å². The Bertz CT molecular complexity index is 4950. The molecule has 111 heavy (non-hydrogen) atoms. The van der Waals surface area contributed by atoms with E-state index < -0.39 is 8.07 Å². The Kier molecular flexibility index (Phi) is 35.4. The molecule has 0 nitrogen and oxygen atoms in total. The van der Waals surface area contributed by atoms with E-state index in [0.29, 0.717) is 5.56 Å². The number of hydrogen-bond acceptors (Lipinski definition) is 0. The molecule has 0 N–H and O–H groups in total. The average molecular weight is 1490 g/mol. The maximum atomic E-state index is 13.4. The predicted molar refractivity (Wildman–Crippen MR) is 487 cm³/mol. The Morgan fingerprint density at radius 1 is 0.216 bits per heavy atom. The van der Waals surface area contributed by atoms with Crippen molar-refractivity contribution in [1.82, 2.24) is 0 Å². The number of halogens is 2. The molecule has 14 aromatic rings. The van der Waals surface area contributed by atoms with Gasteiger partial charge in [-0.1, -0.05) is 410 Å². The Balaban J connectivity index is 0.000000196. The summed E-state index contributed by atoms with van der Waals surface area (Å²) in [5.74, 6) is -0.362. The molecule has 14 aromatic carbocycles. The van der Waals surface area contributed by atoms with Gasteiger partial charge >= 0.3 is 0 Å². The van der Waals surface area contributed by atoms with Crippen LogP contribution >= 0.6 is 0 Å². The first-order valence-electron chi connectivity index (χ1n) is 38.9. The van der Waals surface area contributed by atoms with E-state index in [-0.39, 0.29) is 17.0 Å². The Morgan fingerprint density at radius 3 is 0.964 bits per heavy atom. The third-order valence-corrected chi connectivity index (χ3v) is 21.3. The molecule has 0 aliphatic rings. The molecule has 0 heterocycles. The largest absolute Gasteiger partial charge is 0.207 e. The average Bonchev–Trinajstić information content (AvgIpc) is 0.822. The fourth-order valence-electron chi connectivity index (χ4n) is 11.9. The number of rotatable bonds is 6. The minimum absolute atomic E-state index is 0.170. The summed E-state index contributed by atoms with van der Waals surface area (Å²) in [6, 6.07) is 110. The van der Waals surface area contributed by atoms with E-state index in [2.05, 4.69) is 363 Å². The van der Waals surface area contributed by atoms with Gasteiger partial charge in [-0.05, 0) is 230 Å². The van der Waals surface area contributed by atoms with Crippen LogP contribution in [0, 0.1) is 129 Å². The molecular formula is C108H122F2Si. The molecule has 0 aliphatic heterocycles. The lowest BCUT2D eigenvalue weighted by molar-refractivity contribution is 0.590. The Hall–Kier alpha value is -10.8. The summed E-state index contributed by atoms with van der Waals surface area (Å²) in [4.78, 5) is 0. The fraction of sp³-hybridized carbons (Fsp3) is 0.222. The first kappa shape index (κ1) is 89.1. The van der Waals surface area contributed by atoms with Crippen molar-refractivity contribution in [3.05, 3.63) is 433 Å². The zero-order chi connectivity index (χ0) is 81.4. The summed E-state index contributed by atoms with van der Waals surface area (Å²) in [7, 11) is -1.06. The van der Waals surface area contributed by atoms with Crippen LogP contribution in [0.15, 0.2) is 322 Å². The van der Waals surface area contributed by atoms with Crippen molar-refractivity contribution in [2.45, 2.75) is 164 Å². The molecule has 0 spiro atoms. The molecule has 0 aromatic heterocycles. The molecule has 0 aliphatic carbocycles. The van der Waals surface area contributed by atoms with Gasteiger partial charge in [0.2, 0.25) is 0 Å². The van der Waals surface area contributed by atoms with E-state index in [4.69, 9.17) is 0 Å². The number of hydrogen-bond donors (Lipinski definition) is 0. The van der Waals surface area contributed by atoms with Crippen molar-refractivity contribution < 1.29 is 8.78 Å². The second kappa shape index (κ2) is 44.1. The number of benzene rings is 14. The van der Waals surface area contributed by atoms with Gasteiger partial charge in [-0.3, -0.25) is 0 Å². The fourth-order valence-corrected chi connectivity index (χ4v) is 13.1. The lowest BCUT2D eigenvalue weighted by Crippen LogP contribution is -2.37. The highest BCUT2D eigenvalue weighted by molar-refractivity contribution is 6.88. The van der Waals surface area contributed by atoms with E-state index in [0.717, 1.165) is 16.7 Å². The lowest BCUT2D eigenvalue weighted by atomic mass is 9.87. The van der Waals surface area contributed by atoms with Gasteiger partial charge < -0.3 is 0 Å². The minimum Gasteiger partial charge on any atom is -0.207 e. The quantitative estimate of drug-likeness (QED) is 0.146. The molecule has 0 saturated heterocycles. The van der Waals surface area contributed by atoms with Crippen LogP contribution in [0.5, 0.6) is 0 Å². The van der Waals surface area contributed by atoms with Gasteiger partial charge in [-0.15, -0.1) is 0 Å². The van der Waals surface area contributed by atoms with Gasteiger partial charge in [-0.2, -0.15) is 0 Å². The Morgan fingerprint density at radius 2 is 0.550 bits per heavy atom. The van der Waals surface area contributed by atoms with Crippen molar-refractivity contribution in [2.75, 3.05) is 0 Å². The zero-order valence-electron chi connectivity index (χ0n) is 70.9. The van der Waals surface area contributed by atoms with Crippen molar-refractivity contribution in [2.24, 2.45) is 0 Å². The van der Waals surface area contributed by atoms with E-state index in [1.807, 2.05) is 80.6 Å². The van der Waals surface area contributed by atoms with E-state index >= 15 is 0 Å². The Labute approximate surface area is 670 Å². The summed E-state index contributed by atoms with van der Waals surface area (Å²) in [5.41, 5.74) is 35.6. The second-order valence-electron chi connectivity index (χ2n) is 31.7. The van der Waals surface area contributed by atoms with E-state index in [1.54, 1.807) is 29.5 Å². The van der Waals surface area contributed by atoms with Crippen LogP contribution in [0.3, 0.4) is 0 Å². The van der Waals surface area contributed by atoms with Gasteiger partial charge in [0.1, 0.15) is 11.6 Å². The molecule has 0 atom stereocenters. The third kappa shape index (κ3) is 31.6. The van der Waals surface area contributed by atoms with Crippen LogP contribution in [0.25, 0.3) is 55.6 Å². The maximum absolute atomic E-state index is 13.4. The summed E-state index contributed by atoms with van der Waals surface area (Å²) >= 11 is 0. The molecule has 0 saturated carbocycles. The normalized spacial score (nSPS) is 10.4. The van der Waals surface area contributed by atoms with E-state index in [9.17, 15) is 8.78 Å². The molecule has 3 heteroatoms. The van der Waals surface area contributed by atoms with Crippen molar-refractivity contribution >= 4 is 13.3 Å².